The number of hydrogen-bond donors (Lipinski definition) is 1. The van der Waals surface area contributed by atoms with Gasteiger partial charge in [0.1, 0.15) is 0 Å². The number of nitrogens with one attached hydrogen (secondary N) is 1. The van der Waals surface area contributed by atoms with E-state index in [2.05, 4.69) is 5.32 Å². The van der Waals surface area contributed by atoms with Gasteiger partial charge in [0.2, 0.25) is 5.91 Å². The van der Waals surface area contributed by atoms with E-state index in [-0.39, 0.29) is 11.9 Å². The summed E-state index contributed by atoms with van der Waals surface area (Å²) in [6.07, 6.45) is 1.51. The first-order chi connectivity index (χ1) is 9.11. The Bertz CT molecular complexity index is 459. The molecule has 104 valence electrons. The highest BCUT2D eigenvalue weighted by molar-refractivity contribution is 6.35. The van der Waals surface area contributed by atoms with Crippen LogP contribution in [-0.2, 0) is 11.3 Å². The molecular weight excluding hydrogens is 283 g/mol. The average Bonchev–Trinajstić information content (AvgIpc) is 2.91. The van der Waals surface area contributed by atoms with Gasteiger partial charge < -0.3 is 10.2 Å². The van der Waals surface area contributed by atoms with Gasteiger partial charge in [0.15, 0.2) is 0 Å². The number of carbonyl (C=O) groups excluding carboxylic acids is 1. The summed E-state index contributed by atoms with van der Waals surface area (Å²) in [6.45, 7) is 4.26. The molecule has 1 fully saturated rings. The molecule has 1 aliphatic heterocycles. The number of halogens is 2. The Kier molecular flexibility index (Phi) is 5.08. The summed E-state index contributed by atoms with van der Waals surface area (Å²) < 4.78 is 0. The Hall–Kier alpha value is -0.770. The van der Waals surface area contributed by atoms with E-state index in [0.717, 1.165) is 25.1 Å². The lowest BCUT2D eigenvalue weighted by Crippen LogP contribution is -2.40. The number of rotatable bonds is 4. The van der Waals surface area contributed by atoms with E-state index in [1.54, 1.807) is 6.07 Å². The lowest BCUT2D eigenvalue weighted by atomic mass is 10.1. The van der Waals surface area contributed by atoms with E-state index >= 15 is 0 Å². The summed E-state index contributed by atoms with van der Waals surface area (Å²) in [7, 11) is 0. The maximum absolute atomic E-state index is 12.1. The molecule has 1 atom stereocenters. The second-order valence-electron chi connectivity index (χ2n) is 4.76. The third kappa shape index (κ3) is 3.62. The summed E-state index contributed by atoms with van der Waals surface area (Å²) in [5.74, 6) is 0.166. The van der Waals surface area contributed by atoms with Gasteiger partial charge in [-0.2, -0.15) is 0 Å². The average molecular weight is 301 g/mol. The van der Waals surface area contributed by atoms with Gasteiger partial charge in [-0.25, -0.2) is 0 Å². The number of benzene rings is 1. The van der Waals surface area contributed by atoms with Crippen LogP contribution in [-0.4, -0.2) is 29.9 Å². The van der Waals surface area contributed by atoms with E-state index in [9.17, 15) is 4.79 Å². The number of nitrogens with zero attached hydrogens (tertiary/aromatic N) is 1. The molecule has 1 heterocycles. The Balaban J connectivity index is 2.17. The fraction of sp³-hybridized carbons (Fsp3) is 0.500. The Morgan fingerprint density at radius 3 is 2.84 bits per heavy atom. The third-order valence-corrected chi connectivity index (χ3v) is 4.04. The second-order valence-corrected chi connectivity index (χ2v) is 5.60. The summed E-state index contributed by atoms with van der Waals surface area (Å²) >= 11 is 12.1. The quantitative estimate of drug-likeness (QED) is 0.927. The van der Waals surface area contributed by atoms with E-state index in [1.807, 2.05) is 24.0 Å². The molecule has 0 radical (unpaired) electrons. The normalized spacial score (nSPS) is 18.6. The van der Waals surface area contributed by atoms with Gasteiger partial charge >= 0.3 is 0 Å². The minimum absolute atomic E-state index is 0.166. The van der Waals surface area contributed by atoms with Crippen molar-refractivity contribution < 1.29 is 4.79 Å². The summed E-state index contributed by atoms with van der Waals surface area (Å²) in [5.41, 5.74) is 0.944. The summed E-state index contributed by atoms with van der Waals surface area (Å²) in [5, 5.41) is 4.53. The highest BCUT2D eigenvalue weighted by Crippen LogP contribution is 2.24. The zero-order valence-corrected chi connectivity index (χ0v) is 12.5. The van der Waals surface area contributed by atoms with Crippen molar-refractivity contribution in [1.82, 2.24) is 10.2 Å². The lowest BCUT2D eigenvalue weighted by Gasteiger charge is -2.28. The molecular formula is C14H18Cl2N2O. The van der Waals surface area contributed by atoms with Crippen molar-refractivity contribution in [3.63, 3.8) is 0 Å². The van der Waals surface area contributed by atoms with Crippen LogP contribution in [0.25, 0.3) is 0 Å². The van der Waals surface area contributed by atoms with Gasteiger partial charge in [0.25, 0.3) is 0 Å². The second kappa shape index (κ2) is 6.60. The van der Waals surface area contributed by atoms with Crippen molar-refractivity contribution in [1.29, 1.82) is 0 Å². The standard InChI is InChI=1S/C14H18Cl2N2O/c1-2-14(19)18(12-5-6-17-8-12)9-10-3-4-11(15)7-13(10)16/h3-4,7,12,17H,2,5-6,8-9H2,1H3/t12-/m0/s1. The molecule has 1 aliphatic rings. The minimum Gasteiger partial charge on any atom is -0.334 e. The van der Waals surface area contributed by atoms with Crippen LogP contribution in [0.3, 0.4) is 0 Å². The van der Waals surface area contributed by atoms with Gasteiger partial charge in [-0.05, 0) is 30.7 Å². The van der Waals surface area contributed by atoms with Crippen LogP contribution in [0, 0.1) is 0 Å². The molecule has 5 heteroatoms. The van der Waals surface area contributed by atoms with Crippen LogP contribution < -0.4 is 5.32 Å². The van der Waals surface area contributed by atoms with Crippen LogP contribution in [0.4, 0.5) is 0 Å². The smallest absolute Gasteiger partial charge is 0.222 e. The van der Waals surface area contributed by atoms with Gasteiger partial charge in [0, 0.05) is 35.6 Å². The van der Waals surface area contributed by atoms with Crippen LogP contribution >= 0.6 is 23.2 Å². The molecule has 0 bridgehead atoms. The molecule has 0 unspecified atom stereocenters. The number of hydrogen-bond acceptors (Lipinski definition) is 2. The predicted octanol–water partition coefficient (Wildman–Crippen LogP) is 3.09. The van der Waals surface area contributed by atoms with E-state index in [1.165, 1.54) is 0 Å². The molecule has 1 aromatic carbocycles. The maximum Gasteiger partial charge on any atom is 0.222 e. The van der Waals surface area contributed by atoms with E-state index < -0.39 is 0 Å². The van der Waals surface area contributed by atoms with Gasteiger partial charge in [-0.15, -0.1) is 0 Å². The summed E-state index contributed by atoms with van der Waals surface area (Å²) in [4.78, 5) is 14.0. The first-order valence-electron chi connectivity index (χ1n) is 6.56. The van der Waals surface area contributed by atoms with Crippen molar-refractivity contribution in [3.8, 4) is 0 Å². The topological polar surface area (TPSA) is 32.3 Å². The largest absolute Gasteiger partial charge is 0.334 e. The third-order valence-electron chi connectivity index (χ3n) is 3.45. The molecule has 1 amide bonds. The first-order valence-corrected chi connectivity index (χ1v) is 7.31. The van der Waals surface area contributed by atoms with Crippen LogP contribution in [0.5, 0.6) is 0 Å². The Labute approximate surface area is 123 Å². The predicted molar refractivity (Wildman–Crippen MR) is 78.6 cm³/mol. The van der Waals surface area contributed by atoms with Gasteiger partial charge in [-0.1, -0.05) is 36.2 Å². The van der Waals surface area contributed by atoms with Crippen molar-refractivity contribution in [2.75, 3.05) is 13.1 Å². The molecule has 0 saturated carbocycles. The van der Waals surface area contributed by atoms with Gasteiger partial charge in [-0.3, -0.25) is 4.79 Å². The van der Waals surface area contributed by atoms with Crippen molar-refractivity contribution in [2.24, 2.45) is 0 Å². The zero-order chi connectivity index (χ0) is 13.8. The molecule has 1 saturated heterocycles. The number of carbonyl (C=O) groups is 1. The van der Waals surface area contributed by atoms with Crippen LogP contribution in [0.15, 0.2) is 18.2 Å². The molecule has 3 nitrogen and oxygen atoms in total. The Morgan fingerprint density at radius 1 is 1.47 bits per heavy atom. The van der Waals surface area contributed by atoms with E-state index in [0.29, 0.717) is 23.0 Å². The Morgan fingerprint density at radius 2 is 2.26 bits per heavy atom. The summed E-state index contributed by atoms with van der Waals surface area (Å²) in [6, 6.07) is 5.69. The SMILES string of the molecule is CCC(=O)N(Cc1ccc(Cl)cc1Cl)[C@H]1CCNC1. The van der Waals surface area contributed by atoms with Crippen LogP contribution in [0.1, 0.15) is 25.3 Å². The molecule has 0 aliphatic carbocycles. The first kappa shape index (κ1) is 14.6. The van der Waals surface area contributed by atoms with Crippen molar-refractivity contribution in [3.05, 3.63) is 33.8 Å². The minimum atomic E-state index is 0.166. The van der Waals surface area contributed by atoms with Crippen molar-refractivity contribution >= 4 is 29.1 Å². The monoisotopic (exact) mass is 300 g/mol. The zero-order valence-electron chi connectivity index (χ0n) is 11.0. The highest BCUT2D eigenvalue weighted by Gasteiger charge is 2.26. The fourth-order valence-electron chi connectivity index (χ4n) is 2.36. The van der Waals surface area contributed by atoms with Gasteiger partial charge in [0.05, 0.1) is 0 Å². The van der Waals surface area contributed by atoms with Crippen molar-refractivity contribution in [2.45, 2.75) is 32.4 Å². The number of amides is 1. The molecule has 0 aromatic heterocycles. The van der Waals surface area contributed by atoms with Crippen LogP contribution in [0.2, 0.25) is 10.0 Å². The highest BCUT2D eigenvalue weighted by atomic mass is 35.5. The molecule has 1 N–H and O–H groups in total. The molecule has 2 rings (SSSR count). The molecule has 0 spiro atoms. The fourth-order valence-corrected chi connectivity index (χ4v) is 2.83. The maximum atomic E-state index is 12.1. The van der Waals surface area contributed by atoms with E-state index in [4.69, 9.17) is 23.2 Å². The molecule has 1 aromatic rings. The molecule has 19 heavy (non-hydrogen) atoms. The lowest BCUT2D eigenvalue weighted by molar-refractivity contribution is -0.133.